The molecule has 3 nitrogen and oxygen atoms in total. The molecule has 106 valence electrons. The standard InChI is InChI=1S/C16H26N2O/c19-16(13-17-9-5-1-2-6-10-17)18-11-14-7-3-4-8-15(14)12-18/h3-4,14-15H,1-2,5-13H2/t14-,15+. The van der Waals surface area contributed by atoms with Crippen LogP contribution in [0.25, 0.3) is 0 Å². The monoisotopic (exact) mass is 262 g/mol. The van der Waals surface area contributed by atoms with Gasteiger partial charge in [-0.3, -0.25) is 9.69 Å². The van der Waals surface area contributed by atoms with Crippen molar-refractivity contribution in [2.45, 2.75) is 38.5 Å². The molecule has 19 heavy (non-hydrogen) atoms. The highest BCUT2D eigenvalue weighted by molar-refractivity contribution is 5.78. The van der Waals surface area contributed by atoms with Crippen molar-refractivity contribution in [3.05, 3.63) is 12.2 Å². The average molecular weight is 262 g/mol. The third-order valence-corrected chi connectivity index (χ3v) is 5.03. The quantitative estimate of drug-likeness (QED) is 0.713. The Hall–Kier alpha value is -0.830. The van der Waals surface area contributed by atoms with Gasteiger partial charge in [-0.25, -0.2) is 0 Å². The summed E-state index contributed by atoms with van der Waals surface area (Å²) in [7, 11) is 0. The second-order valence-corrected chi connectivity index (χ2v) is 6.45. The summed E-state index contributed by atoms with van der Waals surface area (Å²) in [6, 6.07) is 0. The number of amides is 1. The lowest BCUT2D eigenvalue weighted by Crippen LogP contribution is -2.39. The summed E-state index contributed by atoms with van der Waals surface area (Å²) in [6.07, 6.45) is 12.2. The van der Waals surface area contributed by atoms with Crippen molar-refractivity contribution in [2.24, 2.45) is 11.8 Å². The summed E-state index contributed by atoms with van der Waals surface area (Å²) < 4.78 is 0. The first-order valence-electron chi connectivity index (χ1n) is 7.98. The highest BCUT2D eigenvalue weighted by atomic mass is 16.2. The van der Waals surface area contributed by atoms with Crippen molar-refractivity contribution in [3.63, 3.8) is 0 Å². The summed E-state index contributed by atoms with van der Waals surface area (Å²) in [5, 5.41) is 0. The molecule has 0 aromatic rings. The van der Waals surface area contributed by atoms with Gasteiger partial charge in [0.25, 0.3) is 0 Å². The third-order valence-electron chi connectivity index (χ3n) is 5.03. The molecule has 1 aliphatic carbocycles. The Labute approximate surface area is 116 Å². The molecule has 0 bridgehead atoms. The normalized spacial score (nSPS) is 32.1. The Balaban J connectivity index is 1.50. The molecule has 2 atom stereocenters. The van der Waals surface area contributed by atoms with Crippen LogP contribution in [0.3, 0.4) is 0 Å². The van der Waals surface area contributed by atoms with Crippen molar-refractivity contribution in [2.75, 3.05) is 32.7 Å². The van der Waals surface area contributed by atoms with E-state index in [2.05, 4.69) is 22.0 Å². The number of fused-ring (bicyclic) bond motifs is 1. The Bertz CT molecular complexity index is 329. The molecule has 3 heteroatoms. The SMILES string of the molecule is O=C(CN1CCCCCC1)N1C[C@H]2CC=CC[C@H]2C1. The van der Waals surface area contributed by atoms with Crippen molar-refractivity contribution in [1.29, 1.82) is 0 Å². The van der Waals surface area contributed by atoms with Crippen LogP contribution in [0.1, 0.15) is 38.5 Å². The van der Waals surface area contributed by atoms with E-state index in [0.717, 1.165) is 38.0 Å². The predicted molar refractivity (Wildman–Crippen MR) is 76.8 cm³/mol. The molecule has 0 spiro atoms. The van der Waals surface area contributed by atoms with E-state index in [1.54, 1.807) is 0 Å². The van der Waals surface area contributed by atoms with Crippen LogP contribution in [0.4, 0.5) is 0 Å². The van der Waals surface area contributed by atoms with Crippen LogP contribution in [0.15, 0.2) is 12.2 Å². The average Bonchev–Trinajstić information content (AvgIpc) is 2.70. The lowest BCUT2D eigenvalue weighted by Gasteiger charge is -2.23. The molecular weight excluding hydrogens is 236 g/mol. The number of rotatable bonds is 2. The van der Waals surface area contributed by atoms with Crippen LogP contribution in [-0.4, -0.2) is 48.4 Å². The van der Waals surface area contributed by atoms with Crippen molar-refractivity contribution >= 4 is 5.91 Å². The number of allylic oxidation sites excluding steroid dienone is 2. The van der Waals surface area contributed by atoms with E-state index in [9.17, 15) is 4.79 Å². The zero-order chi connectivity index (χ0) is 13.1. The molecule has 1 amide bonds. The molecule has 0 N–H and O–H groups in total. The lowest BCUT2D eigenvalue weighted by atomic mass is 9.86. The van der Waals surface area contributed by atoms with Crippen LogP contribution in [0.5, 0.6) is 0 Å². The Morgan fingerprint density at radius 2 is 1.53 bits per heavy atom. The van der Waals surface area contributed by atoms with Gasteiger partial charge < -0.3 is 4.90 Å². The van der Waals surface area contributed by atoms with Crippen LogP contribution >= 0.6 is 0 Å². The molecule has 0 saturated carbocycles. The van der Waals surface area contributed by atoms with Gasteiger partial charge in [-0.15, -0.1) is 0 Å². The zero-order valence-corrected chi connectivity index (χ0v) is 11.9. The van der Waals surface area contributed by atoms with E-state index in [-0.39, 0.29) is 0 Å². The smallest absolute Gasteiger partial charge is 0.236 e. The fourth-order valence-electron chi connectivity index (χ4n) is 3.80. The van der Waals surface area contributed by atoms with Crippen LogP contribution in [0, 0.1) is 11.8 Å². The van der Waals surface area contributed by atoms with Crippen LogP contribution in [0.2, 0.25) is 0 Å². The molecular formula is C16H26N2O. The lowest BCUT2D eigenvalue weighted by molar-refractivity contribution is -0.131. The molecule has 0 aromatic carbocycles. The number of carbonyl (C=O) groups is 1. The van der Waals surface area contributed by atoms with Gasteiger partial charge in [0.2, 0.25) is 5.91 Å². The topological polar surface area (TPSA) is 23.6 Å². The van der Waals surface area contributed by atoms with E-state index in [1.807, 2.05) is 0 Å². The molecule has 2 heterocycles. The number of hydrogen-bond donors (Lipinski definition) is 0. The fraction of sp³-hybridized carbons (Fsp3) is 0.812. The van der Waals surface area contributed by atoms with E-state index in [4.69, 9.17) is 0 Å². The van der Waals surface area contributed by atoms with Gasteiger partial charge in [0.15, 0.2) is 0 Å². The predicted octanol–water partition coefficient (Wildman–Crippen LogP) is 2.29. The molecule has 0 unspecified atom stereocenters. The second-order valence-electron chi connectivity index (χ2n) is 6.45. The number of carbonyl (C=O) groups excluding carboxylic acids is 1. The minimum absolute atomic E-state index is 0.372. The highest BCUT2D eigenvalue weighted by Crippen LogP contribution is 2.32. The van der Waals surface area contributed by atoms with Gasteiger partial charge in [0, 0.05) is 13.1 Å². The number of hydrogen-bond acceptors (Lipinski definition) is 2. The molecule has 3 aliphatic rings. The molecule has 0 radical (unpaired) electrons. The summed E-state index contributed by atoms with van der Waals surface area (Å²) in [6.45, 7) is 4.90. The maximum Gasteiger partial charge on any atom is 0.236 e. The van der Waals surface area contributed by atoms with E-state index in [0.29, 0.717) is 12.5 Å². The van der Waals surface area contributed by atoms with E-state index in [1.165, 1.54) is 38.5 Å². The van der Waals surface area contributed by atoms with Gasteiger partial charge in [0.1, 0.15) is 0 Å². The number of likely N-dealkylation sites (tertiary alicyclic amines) is 2. The van der Waals surface area contributed by atoms with Crippen LogP contribution < -0.4 is 0 Å². The van der Waals surface area contributed by atoms with Crippen LogP contribution in [-0.2, 0) is 4.79 Å². The van der Waals surface area contributed by atoms with Crippen molar-refractivity contribution in [3.8, 4) is 0 Å². The highest BCUT2D eigenvalue weighted by Gasteiger charge is 2.35. The van der Waals surface area contributed by atoms with Gasteiger partial charge >= 0.3 is 0 Å². The summed E-state index contributed by atoms with van der Waals surface area (Å²) in [5.74, 6) is 1.84. The van der Waals surface area contributed by atoms with Crippen molar-refractivity contribution in [1.82, 2.24) is 9.80 Å². The Morgan fingerprint density at radius 1 is 0.947 bits per heavy atom. The first-order valence-corrected chi connectivity index (χ1v) is 7.98. The molecule has 2 saturated heterocycles. The molecule has 0 aromatic heterocycles. The van der Waals surface area contributed by atoms with Gasteiger partial charge in [-0.1, -0.05) is 25.0 Å². The summed E-state index contributed by atoms with van der Waals surface area (Å²) >= 11 is 0. The van der Waals surface area contributed by atoms with Crippen molar-refractivity contribution < 1.29 is 4.79 Å². The minimum Gasteiger partial charge on any atom is -0.341 e. The Kier molecular flexibility index (Phi) is 4.21. The largest absolute Gasteiger partial charge is 0.341 e. The molecule has 2 aliphatic heterocycles. The first-order chi connectivity index (χ1) is 9.33. The number of nitrogens with zero attached hydrogens (tertiary/aromatic N) is 2. The Morgan fingerprint density at radius 3 is 2.11 bits per heavy atom. The summed E-state index contributed by atoms with van der Waals surface area (Å²) in [4.78, 5) is 16.9. The van der Waals surface area contributed by atoms with E-state index < -0.39 is 0 Å². The fourth-order valence-corrected chi connectivity index (χ4v) is 3.80. The third kappa shape index (κ3) is 3.19. The minimum atomic E-state index is 0.372. The maximum absolute atomic E-state index is 12.4. The molecule has 2 fully saturated rings. The zero-order valence-electron chi connectivity index (χ0n) is 11.9. The first kappa shape index (κ1) is 13.2. The second kappa shape index (κ2) is 6.08. The van der Waals surface area contributed by atoms with Gasteiger partial charge in [0.05, 0.1) is 6.54 Å². The van der Waals surface area contributed by atoms with Gasteiger partial charge in [-0.2, -0.15) is 0 Å². The van der Waals surface area contributed by atoms with E-state index >= 15 is 0 Å². The summed E-state index contributed by atoms with van der Waals surface area (Å²) in [5.41, 5.74) is 0. The molecule has 3 rings (SSSR count). The maximum atomic E-state index is 12.4. The van der Waals surface area contributed by atoms with Gasteiger partial charge in [-0.05, 0) is 50.6 Å².